The minimum absolute atomic E-state index is 0.368. The maximum Gasteiger partial charge on any atom is 0.328 e. The molecule has 0 amide bonds. The predicted molar refractivity (Wildman–Crippen MR) is 98.6 cm³/mol. The number of hydrogen-bond donors (Lipinski definition) is 2. The van der Waals surface area contributed by atoms with Gasteiger partial charge in [0.1, 0.15) is 0 Å². The molecule has 1 saturated heterocycles. The Bertz CT molecular complexity index is 870. The molecule has 0 radical (unpaired) electrons. The van der Waals surface area contributed by atoms with Gasteiger partial charge in [0.25, 0.3) is 0 Å². The van der Waals surface area contributed by atoms with Gasteiger partial charge in [0.05, 0.1) is 0 Å². The van der Waals surface area contributed by atoms with Gasteiger partial charge in [0.2, 0.25) is 0 Å². The lowest BCUT2D eigenvalue weighted by Crippen LogP contribution is -2.17. The number of pyridine rings is 1. The van der Waals surface area contributed by atoms with E-state index in [2.05, 4.69) is 16.9 Å². The molecule has 6 nitrogen and oxygen atoms in total. The van der Waals surface area contributed by atoms with Crippen LogP contribution in [-0.4, -0.2) is 45.6 Å². The van der Waals surface area contributed by atoms with Crippen molar-refractivity contribution in [2.75, 3.05) is 13.6 Å². The van der Waals surface area contributed by atoms with Gasteiger partial charge in [-0.1, -0.05) is 6.07 Å². The predicted octanol–water partition coefficient (Wildman–Crippen LogP) is 3.51. The van der Waals surface area contributed by atoms with Gasteiger partial charge in [-0.3, -0.25) is 9.88 Å². The van der Waals surface area contributed by atoms with Crippen LogP contribution in [0.4, 0.5) is 8.78 Å². The van der Waals surface area contributed by atoms with Crippen LogP contribution in [0.25, 0.3) is 11.1 Å². The molecule has 1 unspecified atom stereocenters. The first kappa shape index (κ1) is 21.2. The van der Waals surface area contributed by atoms with E-state index >= 15 is 0 Å². The van der Waals surface area contributed by atoms with E-state index in [0.29, 0.717) is 23.8 Å². The highest BCUT2D eigenvalue weighted by Gasteiger charge is 2.23. The van der Waals surface area contributed by atoms with Crippen molar-refractivity contribution in [2.24, 2.45) is 0 Å². The van der Waals surface area contributed by atoms with Crippen LogP contribution >= 0.6 is 0 Å². The zero-order valence-corrected chi connectivity index (χ0v) is 15.2. The SMILES string of the molecule is CN1CCCC1c1cncc(-c2ccc(F)c(F)c2)c1.O=C(O)/C=C/C(=O)O. The Hall–Kier alpha value is -3.13. The van der Waals surface area contributed by atoms with Crippen LogP contribution in [0.3, 0.4) is 0 Å². The largest absolute Gasteiger partial charge is 0.478 e. The highest BCUT2D eigenvalue weighted by molar-refractivity contribution is 5.89. The molecule has 2 N–H and O–H groups in total. The summed E-state index contributed by atoms with van der Waals surface area (Å²) < 4.78 is 26.3. The molecule has 8 heteroatoms. The minimum atomic E-state index is -1.26. The zero-order chi connectivity index (χ0) is 20.7. The van der Waals surface area contributed by atoms with Gasteiger partial charge in [-0.15, -0.1) is 0 Å². The molecule has 1 aliphatic heterocycles. The van der Waals surface area contributed by atoms with Gasteiger partial charge in [-0.05, 0) is 55.8 Å². The molecule has 3 rings (SSSR count). The Kier molecular flexibility index (Phi) is 7.34. The van der Waals surface area contributed by atoms with Crippen molar-refractivity contribution in [3.8, 4) is 11.1 Å². The standard InChI is InChI=1S/C16H16F2N2.C4H4O4/c1-20-6-2-3-16(20)13-7-12(9-19-10-13)11-4-5-14(17)15(18)8-11;5-3(6)1-2-4(7)8/h4-5,7-10,16H,2-3,6H2,1H3;1-2H,(H,5,6)(H,7,8)/b;2-1+. The zero-order valence-electron chi connectivity index (χ0n) is 15.2. The molecule has 0 bridgehead atoms. The molecule has 2 aromatic rings. The van der Waals surface area contributed by atoms with E-state index in [1.54, 1.807) is 12.3 Å². The van der Waals surface area contributed by atoms with Crippen molar-refractivity contribution in [1.29, 1.82) is 0 Å². The third-order valence-corrected chi connectivity index (χ3v) is 4.29. The number of aromatic nitrogens is 1. The number of hydrogen-bond acceptors (Lipinski definition) is 4. The smallest absolute Gasteiger partial charge is 0.328 e. The fourth-order valence-electron chi connectivity index (χ4n) is 2.95. The summed E-state index contributed by atoms with van der Waals surface area (Å²) in [5.41, 5.74) is 2.60. The van der Waals surface area contributed by atoms with Gasteiger partial charge >= 0.3 is 11.9 Å². The number of carboxylic acid groups (broad SMARTS) is 2. The Labute approximate surface area is 160 Å². The van der Waals surface area contributed by atoms with E-state index < -0.39 is 23.6 Å². The monoisotopic (exact) mass is 390 g/mol. The van der Waals surface area contributed by atoms with Crippen LogP contribution in [0.2, 0.25) is 0 Å². The van der Waals surface area contributed by atoms with E-state index in [4.69, 9.17) is 10.2 Å². The average molecular weight is 390 g/mol. The second-order valence-electron chi connectivity index (χ2n) is 6.28. The molecule has 0 aliphatic carbocycles. The number of halogens is 2. The van der Waals surface area contributed by atoms with Crippen LogP contribution in [-0.2, 0) is 9.59 Å². The van der Waals surface area contributed by atoms with Gasteiger partial charge in [-0.2, -0.15) is 0 Å². The van der Waals surface area contributed by atoms with Crippen molar-refractivity contribution in [2.45, 2.75) is 18.9 Å². The quantitative estimate of drug-likeness (QED) is 0.777. The molecular weight excluding hydrogens is 370 g/mol. The lowest BCUT2D eigenvalue weighted by Gasteiger charge is -2.19. The van der Waals surface area contributed by atoms with Gasteiger partial charge < -0.3 is 10.2 Å². The van der Waals surface area contributed by atoms with Gasteiger partial charge in [0.15, 0.2) is 11.6 Å². The Balaban J connectivity index is 0.000000300. The summed E-state index contributed by atoms with van der Waals surface area (Å²) in [6.07, 6.45) is 6.95. The first-order valence-electron chi connectivity index (χ1n) is 8.52. The number of benzene rings is 1. The average Bonchev–Trinajstić information content (AvgIpc) is 3.09. The molecule has 2 heterocycles. The second-order valence-corrected chi connectivity index (χ2v) is 6.28. The molecule has 1 aromatic carbocycles. The molecule has 1 atom stereocenters. The lowest BCUT2D eigenvalue weighted by molar-refractivity contribution is -0.134. The maximum absolute atomic E-state index is 13.3. The van der Waals surface area contributed by atoms with Crippen LogP contribution in [0.5, 0.6) is 0 Å². The number of nitrogens with zero attached hydrogens (tertiary/aromatic N) is 2. The molecule has 1 fully saturated rings. The summed E-state index contributed by atoms with van der Waals surface area (Å²) in [5, 5.41) is 15.6. The van der Waals surface area contributed by atoms with Crippen molar-refractivity contribution < 1.29 is 28.6 Å². The third-order valence-electron chi connectivity index (χ3n) is 4.29. The summed E-state index contributed by atoms with van der Waals surface area (Å²) in [5.74, 6) is -4.17. The first-order chi connectivity index (χ1) is 13.3. The van der Waals surface area contributed by atoms with Crippen molar-refractivity contribution in [1.82, 2.24) is 9.88 Å². The lowest BCUT2D eigenvalue weighted by atomic mass is 10.0. The fraction of sp³-hybridized carbons (Fsp3) is 0.250. The Morgan fingerprint density at radius 2 is 1.75 bits per heavy atom. The number of rotatable bonds is 4. The number of aliphatic carboxylic acids is 2. The summed E-state index contributed by atoms with van der Waals surface area (Å²) in [7, 11) is 2.10. The highest BCUT2D eigenvalue weighted by atomic mass is 19.2. The first-order valence-corrected chi connectivity index (χ1v) is 8.52. The molecule has 0 saturated carbocycles. The summed E-state index contributed by atoms with van der Waals surface area (Å²) in [6, 6.07) is 6.34. The van der Waals surface area contributed by atoms with Crippen LogP contribution in [0, 0.1) is 11.6 Å². The van der Waals surface area contributed by atoms with Crippen LogP contribution < -0.4 is 0 Å². The van der Waals surface area contributed by atoms with Crippen molar-refractivity contribution in [3.63, 3.8) is 0 Å². The Morgan fingerprint density at radius 1 is 1.07 bits per heavy atom. The third kappa shape index (κ3) is 5.95. The fourth-order valence-corrected chi connectivity index (χ4v) is 2.95. The molecule has 148 valence electrons. The summed E-state index contributed by atoms with van der Waals surface area (Å²) in [6.45, 7) is 1.08. The molecule has 1 aromatic heterocycles. The summed E-state index contributed by atoms with van der Waals surface area (Å²) >= 11 is 0. The van der Waals surface area contributed by atoms with E-state index in [0.717, 1.165) is 30.2 Å². The van der Waals surface area contributed by atoms with E-state index in [9.17, 15) is 18.4 Å². The molecule has 28 heavy (non-hydrogen) atoms. The normalized spacial score (nSPS) is 16.6. The second kappa shape index (κ2) is 9.70. The van der Waals surface area contributed by atoms with E-state index in [1.807, 2.05) is 12.3 Å². The number of likely N-dealkylation sites (tertiary alicyclic amines) is 1. The van der Waals surface area contributed by atoms with E-state index in [-0.39, 0.29) is 0 Å². The van der Waals surface area contributed by atoms with Crippen LogP contribution in [0.15, 0.2) is 48.8 Å². The Morgan fingerprint density at radius 3 is 2.29 bits per heavy atom. The molecular formula is C20H20F2N2O4. The highest BCUT2D eigenvalue weighted by Crippen LogP contribution is 2.32. The van der Waals surface area contributed by atoms with Gasteiger partial charge in [0, 0.05) is 36.2 Å². The topological polar surface area (TPSA) is 90.7 Å². The van der Waals surface area contributed by atoms with E-state index in [1.165, 1.54) is 12.5 Å². The van der Waals surface area contributed by atoms with Crippen LogP contribution in [0.1, 0.15) is 24.4 Å². The van der Waals surface area contributed by atoms with Gasteiger partial charge in [-0.25, -0.2) is 18.4 Å². The summed E-state index contributed by atoms with van der Waals surface area (Å²) in [4.78, 5) is 25.7. The minimum Gasteiger partial charge on any atom is -0.478 e. The maximum atomic E-state index is 13.3. The number of carbonyl (C=O) groups is 2. The molecule has 0 spiro atoms. The molecule has 1 aliphatic rings. The van der Waals surface area contributed by atoms with Crippen molar-refractivity contribution in [3.05, 3.63) is 66.0 Å². The number of carboxylic acids is 2. The van der Waals surface area contributed by atoms with Crippen molar-refractivity contribution >= 4 is 11.9 Å².